The summed E-state index contributed by atoms with van der Waals surface area (Å²) in [6, 6.07) is 5.67. The van der Waals surface area contributed by atoms with Crippen molar-refractivity contribution >= 4 is 70.2 Å². The first-order valence-electron chi connectivity index (χ1n) is 22.9. The van der Waals surface area contributed by atoms with E-state index in [1.807, 2.05) is 0 Å². The number of piperidine rings is 1. The number of aromatic nitrogens is 2. The molecule has 7 heterocycles. The Hall–Kier alpha value is -6.84. The lowest BCUT2D eigenvalue weighted by molar-refractivity contribution is -0.140. The van der Waals surface area contributed by atoms with Gasteiger partial charge in [-0.1, -0.05) is 18.9 Å². The highest BCUT2D eigenvalue weighted by molar-refractivity contribution is 6.25. The number of amides is 7. The molecule has 2 aromatic carbocycles. The number of methoxy groups -OCH3 is 1. The maximum Gasteiger partial charge on any atom is 0.342 e. The third-order valence-electron chi connectivity index (χ3n) is 14.4. The number of carbonyl (C=O) groups excluding carboxylic acids is 7. The normalized spacial score (nSPS) is 23.3. The number of ether oxygens (including phenoxy) is 1. The summed E-state index contributed by atoms with van der Waals surface area (Å²) < 4.78 is 51.3. The Morgan fingerprint density at radius 2 is 1.72 bits per heavy atom. The fourth-order valence-electron chi connectivity index (χ4n) is 11.0. The Balaban J connectivity index is 0.707. The number of nitrogens with zero attached hydrogens (tertiary/aromatic N) is 8. The van der Waals surface area contributed by atoms with E-state index in [0.717, 1.165) is 41.8 Å². The van der Waals surface area contributed by atoms with Gasteiger partial charge in [-0.05, 0) is 43.9 Å². The van der Waals surface area contributed by atoms with Crippen LogP contribution < -0.4 is 35.4 Å². The molecule has 4 saturated heterocycles. The lowest BCUT2D eigenvalue weighted by Gasteiger charge is -2.61. The molecule has 6 aliphatic heterocycles. The smallest absolute Gasteiger partial charge is 0.342 e. The summed E-state index contributed by atoms with van der Waals surface area (Å²) in [5, 5.41) is 7.96. The molecule has 2 atom stereocenters. The Kier molecular flexibility index (Phi) is 11.3. The number of fused-ring (bicyclic) bond motifs is 2. The van der Waals surface area contributed by atoms with Crippen LogP contribution in [0, 0.1) is 11.2 Å². The molecule has 1 saturated carbocycles. The van der Waals surface area contributed by atoms with Crippen molar-refractivity contribution in [3.8, 4) is 5.75 Å². The zero-order valence-corrected chi connectivity index (χ0v) is 37.5. The van der Waals surface area contributed by atoms with Crippen LogP contribution in [0.1, 0.15) is 82.4 Å². The molecule has 3 aromatic rings. The Morgan fingerprint density at radius 1 is 0.956 bits per heavy atom. The van der Waals surface area contributed by atoms with Gasteiger partial charge in [0, 0.05) is 89.3 Å². The third-order valence-corrected chi connectivity index (χ3v) is 14.4. The summed E-state index contributed by atoms with van der Waals surface area (Å²) >= 11 is 0. The van der Waals surface area contributed by atoms with Crippen LogP contribution in [0.2, 0.25) is 0 Å². The zero-order chi connectivity index (χ0) is 47.8. The Labute approximate surface area is 388 Å². The van der Waals surface area contributed by atoms with E-state index in [0.29, 0.717) is 51.1 Å². The summed E-state index contributed by atoms with van der Waals surface area (Å²) in [5.74, 6) is -8.66. The summed E-state index contributed by atoms with van der Waals surface area (Å²) in [4.78, 5) is 109. The average Bonchev–Trinajstić information content (AvgIpc) is 4.04. The third kappa shape index (κ3) is 7.90. The van der Waals surface area contributed by atoms with E-state index < -0.39 is 65.8 Å². The molecule has 68 heavy (non-hydrogen) atoms. The number of hydrogen-bond acceptors (Lipinski definition) is 14. The fourth-order valence-corrected chi connectivity index (χ4v) is 11.0. The average molecular weight is 942 g/mol. The van der Waals surface area contributed by atoms with Gasteiger partial charge in [-0.25, -0.2) is 9.37 Å². The number of imide groups is 2. The minimum absolute atomic E-state index is 0.0242. The molecule has 7 aliphatic rings. The maximum atomic E-state index is 15.7. The topological polar surface area (TPSA) is 210 Å². The lowest BCUT2D eigenvalue weighted by atomic mass is 9.72. The molecule has 1 spiro atoms. The predicted molar refractivity (Wildman–Crippen MR) is 237 cm³/mol. The van der Waals surface area contributed by atoms with Crippen molar-refractivity contribution in [1.82, 2.24) is 35.3 Å². The van der Waals surface area contributed by atoms with Gasteiger partial charge in [0.05, 0.1) is 47.9 Å². The molecule has 1 aromatic heterocycles. The molecule has 3 N–H and O–H groups in total. The van der Waals surface area contributed by atoms with E-state index in [1.165, 1.54) is 31.3 Å². The van der Waals surface area contributed by atoms with Crippen molar-refractivity contribution in [1.29, 1.82) is 0 Å². The summed E-state index contributed by atoms with van der Waals surface area (Å²) in [5.41, 5.74) is 1.02. The van der Waals surface area contributed by atoms with Gasteiger partial charge < -0.3 is 39.9 Å². The van der Waals surface area contributed by atoms with Crippen molar-refractivity contribution in [3.63, 3.8) is 0 Å². The second-order valence-electron chi connectivity index (χ2n) is 19.0. The first-order chi connectivity index (χ1) is 32.5. The number of nitrogens with one attached hydrogen (secondary N) is 3. The maximum absolute atomic E-state index is 15.7. The van der Waals surface area contributed by atoms with Crippen LogP contribution in [0.5, 0.6) is 5.75 Å². The number of halogens is 3. The van der Waals surface area contributed by atoms with Gasteiger partial charge in [-0.3, -0.25) is 43.8 Å². The molecule has 7 amide bonds. The predicted octanol–water partition coefficient (Wildman–Crippen LogP) is 2.67. The zero-order valence-electron chi connectivity index (χ0n) is 37.5. The fraction of sp³-hybridized carbons (Fsp3) is 0.500. The largest absolute Gasteiger partial charge is 0.495 e. The highest BCUT2D eigenvalue weighted by Crippen LogP contribution is 2.45. The monoisotopic (exact) mass is 941 g/mol. The molecule has 22 heteroatoms. The van der Waals surface area contributed by atoms with Crippen LogP contribution in [-0.2, 0) is 19.2 Å². The first-order valence-corrected chi connectivity index (χ1v) is 22.9. The van der Waals surface area contributed by atoms with E-state index in [-0.39, 0.29) is 88.8 Å². The highest BCUT2D eigenvalue weighted by atomic mass is 19.3. The first kappa shape index (κ1) is 45.0. The van der Waals surface area contributed by atoms with E-state index in [2.05, 4.69) is 35.7 Å². The van der Waals surface area contributed by atoms with E-state index in [1.54, 1.807) is 23.1 Å². The van der Waals surface area contributed by atoms with Crippen LogP contribution >= 0.6 is 0 Å². The number of alkyl halides is 2. The van der Waals surface area contributed by atoms with Gasteiger partial charge in [0.2, 0.25) is 23.7 Å². The summed E-state index contributed by atoms with van der Waals surface area (Å²) in [7, 11) is 2.59. The number of carbonyl (C=O) groups is 7. The van der Waals surface area contributed by atoms with Crippen molar-refractivity contribution < 1.29 is 51.5 Å². The minimum atomic E-state index is -3.65. The van der Waals surface area contributed by atoms with Crippen LogP contribution in [-0.4, -0.2) is 157 Å². The van der Waals surface area contributed by atoms with Gasteiger partial charge in [-0.2, -0.15) is 13.8 Å². The SMILES string of the molecule is COc1cc(C(=O)N[C@H]2CCN(C(=O)CCN3CC4(C3)CN(c3cccc5c3C(=O)N(C3CCC(=O)NC3=O)C5=O)C4)C2)c(F)cc1Nc1ncc2c(n1)N(C1CCCC1)CC(F)(F)C(=O)N2C. The van der Waals surface area contributed by atoms with Crippen LogP contribution in [0.15, 0.2) is 36.5 Å². The van der Waals surface area contributed by atoms with E-state index in [9.17, 15) is 33.6 Å². The van der Waals surface area contributed by atoms with Gasteiger partial charge in [0.1, 0.15) is 23.3 Å². The number of hydrogen-bond donors (Lipinski definition) is 3. The molecular weight excluding hydrogens is 892 g/mol. The number of anilines is 5. The molecular formula is C46H50F3N11O8. The minimum Gasteiger partial charge on any atom is -0.495 e. The standard InChI is InChI=1S/C46H50F3N11O8/c1-55-33-18-50-44(54-38(33)59(26-6-3-4-7-26)24-46(48,49)43(55)67)52-30-17-29(47)28(16-34(30)68-2)39(63)51-25-12-15-57(19-25)36(62)13-14-56-20-45(21-56)22-58(23-45)31-9-5-8-27-37(31)42(66)60(41(27)65)32-10-11-35(61)53-40(32)64/h5,8-9,16-18,25-26,32H,3-4,6-7,10-15,19-24H2,1-2H3,(H,51,63)(H,50,52,54)(H,53,61,64)/t25-,32?/m0/s1. The Bertz CT molecular complexity index is 2650. The number of likely N-dealkylation sites (tertiary alicyclic amines) is 2. The summed E-state index contributed by atoms with van der Waals surface area (Å²) in [6.07, 6.45) is 5.17. The summed E-state index contributed by atoms with van der Waals surface area (Å²) in [6.45, 7) is 3.19. The lowest BCUT2D eigenvalue weighted by Crippen LogP contribution is -2.72. The second kappa shape index (κ2) is 17.0. The molecule has 358 valence electrons. The van der Waals surface area contributed by atoms with Crippen molar-refractivity contribution in [2.24, 2.45) is 5.41 Å². The van der Waals surface area contributed by atoms with Crippen LogP contribution in [0.4, 0.5) is 42.0 Å². The van der Waals surface area contributed by atoms with E-state index in [4.69, 9.17) is 4.74 Å². The second-order valence-corrected chi connectivity index (χ2v) is 19.0. The van der Waals surface area contributed by atoms with Gasteiger partial charge in [0.25, 0.3) is 23.6 Å². The Morgan fingerprint density at radius 3 is 2.46 bits per heavy atom. The van der Waals surface area contributed by atoms with Gasteiger partial charge >= 0.3 is 5.92 Å². The number of rotatable bonds is 11. The van der Waals surface area contributed by atoms with Crippen LogP contribution in [0.3, 0.4) is 0 Å². The molecule has 19 nitrogen and oxygen atoms in total. The van der Waals surface area contributed by atoms with Crippen molar-refractivity contribution in [2.75, 3.05) is 86.5 Å². The molecule has 0 bridgehead atoms. The van der Waals surface area contributed by atoms with Gasteiger partial charge in [-0.15, -0.1) is 0 Å². The molecule has 5 fully saturated rings. The molecule has 10 rings (SSSR count). The highest BCUT2D eigenvalue weighted by Gasteiger charge is 2.54. The quantitative estimate of drug-likeness (QED) is 0.236. The van der Waals surface area contributed by atoms with E-state index >= 15 is 13.2 Å². The molecule has 0 radical (unpaired) electrons. The van der Waals surface area contributed by atoms with Crippen LogP contribution in [0.25, 0.3) is 0 Å². The number of benzene rings is 2. The molecule has 1 unspecified atom stereocenters. The van der Waals surface area contributed by atoms with Gasteiger partial charge in [0.15, 0.2) is 5.82 Å². The van der Waals surface area contributed by atoms with Crippen molar-refractivity contribution in [3.05, 3.63) is 59.0 Å². The van der Waals surface area contributed by atoms with Crippen molar-refractivity contribution in [2.45, 2.75) is 75.4 Å². The molecule has 1 aliphatic carbocycles.